The van der Waals surface area contributed by atoms with E-state index in [0.29, 0.717) is 12.6 Å². The predicted octanol–water partition coefficient (Wildman–Crippen LogP) is 2.73. The van der Waals surface area contributed by atoms with Crippen LogP contribution in [0.25, 0.3) is 0 Å². The van der Waals surface area contributed by atoms with Crippen LogP contribution >= 0.6 is 0 Å². The molecule has 1 aliphatic carbocycles. The highest BCUT2D eigenvalue weighted by molar-refractivity contribution is 5.27. The quantitative estimate of drug-likeness (QED) is 0.918. The van der Waals surface area contributed by atoms with Crippen LogP contribution in [0, 0.1) is 0 Å². The van der Waals surface area contributed by atoms with Crippen molar-refractivity contribution in [2.75, 3.05) is 5.32 Å². The van der Waals surface area contributed by atoms with Crippen LogP contribution in [-0.4, -0.2) is 19.1 Å². The summed E-state index contributed by atoms with van der Waals surface area (Å²) in [7, 11) is 2.01. The van der Waals surface area contributed by atoms with E-state index in [1.807, 2.05) is 30.2 Å². The number of nitrogens with zero attached hydrogens (tertiary/aromatic N) is 4. The van der Waals surface area contributed by atoms with E-state index in [-0.39, 0.29) is 0 Å². The monoisotopic (exact) mass is 259 g/mol. The van der Waals surface area contributed by atoms with Crippen molar-refractivity contribution in [3.63, 3.8) is 0 Å². The molecule has 19 heavy (non-hydrogen) atoms. The average molecular weight is 259 g/mol. The van der Waals surface area contributed by atoms with Crippen molar-refractivity contribution in [2.45, 2.75) is 44.7 Å². The number of nitrogens with one attached hydrogen (secondary N) is 1. The molecule has 2 aromatic rings. The Balaban J connectivity index is 1.68. The first-order chi connectivity index (χ1) is 9.34. The Labute approximate surface area is 113 Å². The summed E-state index contributed by atoms with van der Waals surface area (Å²) in [5, 5.41) is 3.40. The lowest BCUT2D eigenvalue weighted by molar-refractivity contribution is 0.355. The third-order valence-electron chi connectivity index (χ3n) is 3.96. The molecule has 1 saturated carbocycles. The fourth-order valence-electron chi connectivity index (χ4n) is 2.83. The molecule has 5 heteroatoms. The molecule has 0 aliphatic heterocycles. The number of hydrogen-bond donors (Lipinski definition) is 1. The smallest absolute Gasteiger partial charge is 0.203 e. The Kier molecular flexibility index (Phi) is 3.53. The van der Waals surface area contributed by atoms with Crippen molar-refractivity contribution in [3.05, 3.63) is 30.6 Å². The van der Waals surface area contributed by atoms with Gasteiger partial charge in [0, 0.05) is 37.9 Å². The fraction of sp³-hybridized carbons (Fsp3) is 0.571. The van der Waals surface area contributed by atoms with Crippen molar-refractivity contribution in [2.24, 2.45) is 7.05 Å². The van der Waals surface area contributed by atoms with E-state index in [1.165, 1.54) is 32.1 Å². The minimum Gasteiger partial charge on any atom is -0.348 e. The maximum absolute atomic E-state index is 4.44. The van der Waals surface area contributed by atoms with Gasteiger partial charge >= 0.3 is 0 Å². The number of rotatable bonds is 4. The molecule has 1 N–H and O–H groups in total. The Bertz CT molecular complexity index is 521. The van der Waals surface area contributed by atoms with Crippen molar-refractivity contribution >= 4 is 5.95 Å². The minimum atomic E-state index is 0.611. The van der Waals surface area contributed by atoms with Gasteiger partial charge in [0.05, 0.1) is 6.54 Å². The predicted molar refractivity (Wildman–Crippen MR) is 74.9 cm³/mol. The molecule has 2 aromatic heterocycles. The van der Waals surface area contributed by atoms with Crippen LogP contribution in [0.1, 0.15) is 44.0 Å². The zero-order chi connectivity index (χ0) is 13.1. The van der Waals surface area contributed by atoms with E-state index in [9.17, 15) is 0 Å². The van der Waals surface area contributed by atoms with E-state index >= 15 is 0 Å². The van der Waals surface area contributed by atoms with E-state index in [2.05, 4.69) is 26.0 Å². The number of aryl methyl sites for hydroxylation is 1. The lowest BCUT2D eigenvalue weighted by Crippen LogP contribution is -2.16. The van der Waals surface area contributed by atoms with Gasteiger partial charge in [0.2, 0.25) is 5.95 Å². The normalized spacial score (nSPS) is 16.7. The maximum atomic E-state index is 4.44. The van der Waals surface area contributed by atoms with Gasteiger partial charge in [-0.25, -0.2) is 9.97 Å². The van der Waals surface area contributed by atoms with Gasteiger partial charge in [0.25, 0.3) is 0 Å². The van der Waals surface area contributed by atoms with E-state index in [0.717, 1.165) is 11.8 Å². The van der Waals surface area contributed by atoms with Gasteiger partial charge in [0.1, 0.15) is 5.82 Å². The molecule has 5 nitrogen and oxygen atoms in total. The van der Waals surface area contributed by atoms with Gasteiger partial charge in [-0.3, -0.25) is 0 Å². The molecule has 2 heterocycles. The zero-order valence-corrected chi connectivity index (χ0v) is 11.4. The number of hydrogen-bond acceptors (Lipinski definition) is 3. The summed E-state index contributed by atoms with van der Waals surface area (Å²) >= 11 is 0. The number of aromatic nitrogens is 4. The molecule has 1 fully saturated rings. The van der Waals surface area contributed by atoms with Gasteiger partial charge in [-0.1, -0.05) is 19.3 Å². The molecule has 3 rings (SSSR count). The second-order valence-electron chi connectivity index (χ2n) is 5.26. The summed E-state index contributed by atoms with van der Waals surface area (Å²) in [6.07, 6.45) is 14.4. The SMILES string of the molecule is Cn1ccnc1CNc1nccn1C1CCCCC1. The molecule has 0 spiro atoms. The summed E-state index contributed by atoms with van der Waals surface area (Å²) in [6, 6.07) is 0.611. The van der Waals surface area contributed by atoms with Crippen molar-refractivity contribution in [3.8, 4) is 0 Å². The van der Waals surface area contributed by atoms with Gasteiger partial charge < -0.3 is 14.5 Å². The van der Waals surface area contributed by atoms with Gasteiger partial charge in [-0.05, 0) is 12.8 Å². The van der Waals surface area contributed by atoms with Gasteiger partial charge in [-0.2, -0.15) is 0 Å². The first kappa shape index (κ1) is 12.3. The van der Waals surface area contributed by atoms with Crippen LogP contribution in [0.3, 0.4) is 0 Å². The van der Waals surface area contributed by atoms with Crippen LogP contribution < -0.4 is 5.32 Å². The highest BCUT2D eigenvalue weighted by atomic mass is 15.2. The van der Waals surface area contributed by atoms with Crippen LogP contribution in [0.2, 0.25) is 0 Å². The standard InChI is InChI=1S/C14H21N5/c1-18-9-7-15-13(18)11-17-14-16-8-10-19(14)12-5-3-2-4-6-12/h7-10,12H,2-6,11H2,1H3,(H,16,17). The Morgan fingerprint density at radius 1 is 1.16 bits per heavy atom. The zero-order valence-electron chi connectivity index (χ0n) is 11.4. The van der Waals surface area contributed by atoms with Crippen LogP contribution in [0.5, 0.6) is 0 Å². The minimum absolute atomic E-state index is 0.611. The molecular weight excluding hydrogens is 238 g/mol. The fourth-order valence-corrected chi connectivity index (χ4v) is 2.83. The van der Waals surface area contributed by atoms with E-state index < -0.39 is 0 Å². The van der Waals surface area contributed by atoms with E-state index in [1.54, 1.807) is 0 Å². The number of anilines is 1. The van der Waals surface area contributed by atoms with Crippen LogP contribution in [0.4, 0.5) is 5.95 Å². The second kappa shape index (κ2) is 5.47. The highest BCUT2D eigenvalue weighted by Gasteiger charge is 2.17. The Hall–Kier alpha value is -1.78. The Morgan fingerprint density at radius 3 is 2.68 bits per heavy atom. The Morgan fingerprint density at radius 2 is 1.95 bits per heavy atom. The molecule has 0 aromatic carbocycles. The molecular formula is C14H21N5. The summed E-state index contributed by atoms with van der Waals surface area (Å²) in [6.45, 7) is 0.716. The molecule has 1 aliphatic rings. The van der Waals surface area contributed by atoms with Crippen LogP contribution in [0.15, 0.2) is 24.8 Å². The summed E-state index contributed by atoms with van der Waals surface area (Å²) in [5.74, 6) is 1.99. The van der Waals surface area contributed by atoms with Crippen molar-refractivity contribution < 1.29 is 0 Å². The molecule has 0 radical (unpaired) electrons. The maximum Gasteiger partial charge on any atom is 0.203 e. The largest absolute Gasteiger partial charge is 0.348 e. The van der Waals surface area contributed by atoms with Crippen molar-refractivity contribution in [1.29, 1.82) is 0 Å². The third-order valence-corrected chi connectivity index (χ3v) is 3.96. The molecule has 0 unspecified atom stereocenters. The first-order valence-corrected chi connectivity index (χ1v) is 7.07. The lowest BCUT2D eigenvalue weighted by Gasteiger charge is -2.24. The van der Waals surface area contributed by atoms with Gasteiger partial charge in [0.15, 0.2) is 0 Å². The summed E-state index contributed by atoms with van der Waals surface area (Å²) in [4.78, 5) is 8.76. The number of imidazole rings is 2. The molecule has 0 amide bonds. The lowest BCUT2D eigenvalue weighted by atomic mass is 9.95. The summed E-state index contributed by atoms with van der Waals surface area (Å²) < 4.78 is 4.32. The molecule has 0 bridgehead atoms. The van der Waals surface area contributed by atoms with Crippen LogP contribution in [-0.2, 0) is 13.6 Å². The van der Waals surface area contributed by atoms with Crippen molar-refractivity contribution in [1.82, 2.24) is 19.1 Å². The molecule has 102 valence electrons. The first-order valence-electron chi connectivity index (χ1n) is 7.07. The van der Waals surface area contributed by atoms with Gasteiger partial charge in [-0.15, -0.1) is 0 Å². The topological polar surface area (TPSA) is 47.7 Å². The highest BCUT2D eigenvalue weighted by Crippen LogP contribution is 2.30. The second-order valence-corrected chi connectivity index (χ2v) is 5.26. The third kappa shape index (κ3) is 2.64. The molecule has 0 atom stereocenters. The van der Waals surface area contributed by atoms with E-state index in [4.69, 9.17) is 0 Å². The average Bonchev–Trinajstić information content (AvgIpc) is 3.06. The summed E-state index contributed by atoms with van der Waals surface area (Å²) in [5.41, 5.74) is 0. The molecule has 0 saturated heterocycles.